The Morgan fingerprint density at radius 3 is 2.91 bits per heavy atom. The lowest BCUT2D eigenvalue weighted by Crippen LogP contribution is -2.33. The first kappa shape index (κ1) is 16.1. The van der Waals surface area contributed by atoms with Gasteiger partial charge in [-0.25, -0.2) is 0 Å². The molecular weight excluding hydrogens is 292 g/mol. The highest BCUT2D eigenvalue weighted by molar-refractivity contribution is 5.13. The maximum Gasteiger partial charge on any atom is 0.223 e. The summed E-state index contributed by atoms with van der Waals surface area (Å²) in [5, 5.41) is 11.2. The van der Waals surface area contributed by atoms with Crippen molar-refractivity contribution in [3.8, 4) is 0 Å². The zero-order valence-corrected chi connectivity index (χ0v) is 14.2. The van der Waals surface area contributed by atoms with Gasteiger partial charge < -0.3 is 4.52 Å². The Balaban J connectivity index is 1.52. The van der Waals surface area contributed by atoms with Crippen molar-refractivity contribution < 1.29 is 4.52 Å². The van der Waals surface area contributed by atoms with Gasteiger partial charge in [-0.3, -0.25) is 14.9 Å². The van der Waals surface area contributed by atoms with Crippen LogP contribution in [0.1, 0.15) is 42.2 Å². The van der Waals surface area contributed by atoms with E-state index in [1.54, 1.807) is 0 Å². The molecule has 2 aromatic heterocycles. The molecule has 1 aliphatic rings. The molecule has 0 spiro atoms. The fourth-order valence-electron chi connectivity index (χ4n) is 3.25. The second kappa shape index (κ2) is 7.23. The van der Waals surface area contributed by atoms with E-state index < -0.39 is 0 Å². The first-order valence-corrected chi connectivity index (χ1v) is 8.32. The van der Waals surface area contributed by atoms with Gasteiger partial charge >= 0.3 is 0 Å². The van der Waals surface area contributed by atoms with Gasteiger partial charge in [0.05, 0.1) is 18.4 Å². The van der Waals surface area contributed by atoms with Crippen molar-refractivity contribution in [2.75, 3.05) is 20.1 Å². The van der Waals surface area contributed by atoms with Gasteiger partial charge in [-0.15, -0.1) is 0 Å². The Morgan fingerprint density at radius 2 is 2.22 bits per heavy atom. The summed E-state index contributed by atoms with van der Waals surface area (Å²) in [6.07, 6.45) is 5.50. The number of likely N-dealkylation sites (tertiary alicyclic amines) is 1. The monoisotopic (exact) mass is 318 g/mol. The van der Waals surface area contributed by atoms with E-state index in [0.29, 0.717) is 11.9 Å². The van der Waals surface area contributed by atoms with Gasteiger partial charge in [0, 0.05) is 26.1 Å². The Labute approximate surface area is 137 Å². The van der Waals surface area contributed by atoms with E-state index in [1.165, 1.54) is 30.5 Å². The minimum absolute atomic E-state index is 0.571. The van der Waals surface area contributed by atoms with Crippen LogP contribution in [0.25, 0.3) is 0 Å². The molecule has 0 bridgehead atoms. The van der Waals surface area contributed by atoms with Crippen molar-refractivity contribution in [2.24, 2.45) is 0 Å². The third-order valence-electron chi connectivity index (χ3n) is 4.69. The highest BCUT2D eigenvalue weighted by Crippen LogP contribution is 2.19. The lowest BCUT2D eigenvalue weighted by Gasteiger charge is -2.26. The molecule has 3 heterocycles. The average molecular weight is 318 g/mol. The summed E-state index contributed by atoms with van der Waals surface area (Å²) in [4.78, 5) is 9.18. The summed E-state index contributed by atoms with van der Waals surface area (Å²) in [5.74, 6) is 1.41. The minimum Gasteiger partial charge on any atom is -0.340 e. The number of aromatic amines is 1. The van der Waals surface area contributed by atoms with Gasteiger partial charge in [-0.2, -0.15) is 10.1 Å². The zero-order valence-electron chi connectivity index (χ0n) is 14.2. The molecule has 126 valence electrons. The summed E-state index contributed by atoms with van der Waals surface area (Å²) < 4.78 is 5.06. The molecule has 1 fully saturated rings. The second-order valence-corrected chi connectivity index (χ2v) is 6.54. The highest BCUT2D eigenvalue weighted by Gasteiger charge is 2.22. The van der Waals surface area contributed by atoms with Crippen molar-refractivity contribution in [2.45, 2.75) is 52.2 Å². The third-order valence-corrected chi connectivity index (χ3v) is 4.69. The Morgan fingerprint density at radius 1 is 1.35 bits per heavy atom. The predicted octanol–water partition coefficient (Wildman–Crippen LogP) is 1.90. The third kappa shape index (κ3) is 4.17. The molecule has 0 saturated carbocycles. The minimum atomic E-state index is 0.571. The zero-order chi connectivity index (χ0) is 16.2. The fourth-order valence-corrected chi connectivity index (χ4v) is 3.25. The molecule has 1 atom stereocenters. The lowest BCUT2D eigenvalue weighted by atomic mass is 10.1. The van der Waals surface area contributed by atoms with Crippen LogP contribution < -0.4 is 0 Å². The van der Waals surface area contributed by atoms with Crippen LogP contribution in [0.3, 0.4) is 0 Å². The smallest absolute Gasteiger partial charge is 0.223 e. The molecule has 0 aliphatic carbocycles. The Bertz CT molecular complexity index is 622. The van der Waals surface area contributed by atoms with E-state index >= 15 is 0 Å². The van der Waals surface area contributed by atoms with Crippen LogP contribution in [0.15, 0.2) is 10.7 Å². The first-order chi connectivity index (χ1) is 11.1. The van der Waals surface area contributed by atoms with Crippen LogP contribution in [0.2, 0.25) is 0 Å². The Kier molecular flexibility index (Phi) is 5.07. The molecule has 1 unspecified atom stereocenters. The van der Waals surface area contributed by atoms with Crippen molar-refractivity contribution in [1.29, 1.82) is 0 Å². The van der Waals surface area contributed by atoms with Crippen molar-refractivity contribution in [3.05, 3.63) is 29.2 Å². The molecule has 2 aromatic rings. The summed E-state index contributed by atoms with van der Waals surface area (Å²) in [6.45, 7) is 7.91. The standard InChI is InChI=1S/C16H26N6O/c1-12-9-17-19-15(12)10-22-7-4-5-14(6-8-22)21(3)11-16-18-13(2)23-20-16/h9,14H,4-8,10-11H2,1-3H3,(H,17,19). The van der Waals surface area contributed by atoms with Crippen molar-refractivity contribution in [3.63, 3.8) is 0 Å². The van der Waals surface area contributed by atoms with Gasteiger partial charge in [0.1, 0.15) is 0 Å². The van der Waals surface area contributed by atoms with Gasteiger partial charge in [-0.05, 0) is 45.3 Å². The number of rotatable bonds is 5. The van der Waals surface area contributed by atoms with Crippen LogP contribution in [0, 0.1) is 13.8 Å². The van der Waals surface area contributed by atoms with E-state index in [-0.39, 0.29) is 0 Å². The van der Waals surface area contributed by atoms with E-state index in [9.17, 15) is 0 Å². The van der Waals surface area contributed by atoms with E-state index in [2.05, 4.69) is 44.1 Å². The molecule has 0 aromatic carbocycles. The van der Waals surface area contributed by atoms with E-state index in [1.807, 2.05) is 13.1 Å². The van der Waals surface area contributed by atoms with Crippen molar-refractivity contribution in [1.82, 2.24) is 30.1 Å². The number of H-pyrrole nitrogens is 1. The quantitative estimate of drug-likeness (QED) is 0.907. The largest absolute Gasteiger partial charge is 0.340 e. The fraction of sp³-hybridized carbons (Fsp3) is 0.688. The summed E-state index contributed by atoms with van der Waals surface area (Å²) in [6, 6.07) is 0.571. The molecule has 1 saturated heterocycles. The number of aromatic nitrogens is 4. The first-order valence-electron chi connectivity index (χ1n) is 8.32. The number of nitrogens with zero attached hydrogens (tertiary/aromatic N) is 5. The summed E-state index contributed by atoms with van der Waals surface area (Å²) >= 11 is 0. The lowest BCUT2D eigenvalue weighted by molar-refractivity contribution is 0.199. The van der Waals surface area contributed by atoms with Crippen LogP contribution in [-0.4, -0.2) is 56.3 Å². The second-order valence-electron chi connectivity index (χ2n) is 6.54. The molecule has 1 aliphatic heterocycles. The van der Waals surface area contributed by atoms with E-state index in [0.717, 1.165) is 32.0 Å². The maximum absolute atomic E-state index is 5.06. The predicted molar refractivity (Wildman–Crippen MR) is 86.7 cm³/mol. The summed E-state index contributed by atoms with van der Waals surface area (Å²) in [5.41, 5.74) is 2.48. The maximum atomic E-state index is 5.06. The van der Waals surface area contributed by atoms with Gasteiger partial charge in [0.15, 0.2) is 5.82 Å². The van der Waals surface area contributed by atoms with E-state index in [4.69, 9.17) is 4.52 Å². The molecule has 0 radical (unpaired) electrons. The summed E-state index contributed by atoms with van der Waals surface area (Å²) in [7, 11) is 2.16. The van der Waals surface area contributed by atoms with Gasteiger partial charge in [0.2, 0.25) is 5.89 Å². The topological polar surface area (TPSA) is 74.1 Å². The molecule has 1 N–H and O–H groups in total. The number of nitrogens with one attached hydrogen (secondary N) is 1. The number of aryl methyl sites for hydroxylation is 2. The van der Waals surface area contributed by atoms with Gasteiger partial charge in [0.25, 0.3) is 0 Å². The molecular formula is C16H26N6O. The Hall–Kier alpha value is -1.73. The molecule has 7 heteroatoms. The van der Waals surface area contributed by atoms with Crippen molar-refractivity contribution >= 4 is 0 Å². The number of hydrogen-bond donors (Lipinski definition) is 1. The average Bonchev–Trinajstić information content (AvgIpc) is 3.02. The highest BCUT2D eigenvalue weighted by atomic mass is 16.5. The van der Waals surface area contributed by atoms with Crippen LogP contribution in [-0.2, 0) is 13.1 Å². The molecule has 23 heavy (non-hydrogen) atoms. The normalized spacial score (nSPS) is 20.1. The SMILES string of the molecule is Cc1nc(CN(C)C2CCCN(Cc3[nH]ncc3C)CC2)no1. The van der Waals surface area contributed by atoms with Crippen LogP contribution in [0.4, 0.5) is 0 Å². The number of hydrogen-bond acceptors (Lipinski definition) is 6. The van der Waals surface area contributed by atoms with Gasteiger partial charge in [-0.1, -0.05) is 5.16 Å². The van der Waals surface area contributed by atoms with Crippen LogP contribution in [0.5, 0.6) is 0 Å². The van der Waals surface area contributed by atoms with Crippen LogP contribution >= 0.6 is 0 Å². The molecule has 3 rings (SSSR count). The molecule has 7 nitrogen and oxygen atoms in total. The molecule has 0 amide bonds.